The Kier molecular flexibility index (Phi) is 3.95. The number of aliphatic hydroxyl groups is 1. The van der Waals surface area contributed by atoms with E-state index < -0.39 is 17.7 Å². The van der Waals surface area contributed by atoms with E-state index in [0.717, 1.165) is 3.57 Å². The third-order valence-corrected chi connectivity index (χ3v) is 2.34. The number of hydrogen-bond donors (Lipinski definition) is 1. The number of alkyl halides is 3. The van der Waals surface area contributed by atoms with Crippen molar-refractivity contribution in [2.24, 2.45) is 0 Å². The summed E-state index contributed by atoms with van der Waals surface area (Å²) in [6.07, 6.45) is -4.79. The van der Waals surface area contributed by atoms with Gasteiger partial charge < -0.3 is 5.11 Å². The average molecular weight is 342 g/mol. The van der Waals surface area contributed by atoms with Gasteiger partial charge >= 0.3 is 6.18 Å². The molecule has 0 spiro atoms. The summed E-state index contributed by atoms with van der Waals surface area (Å²) in [5.74, 6) is -2.77. The number of benzene rings is 1. The van der Waals surface area contributed by atoms with Crippen LogP contribution in [0.1, 0.15) is 5.56 Å². The molecule has 0 radical (unpaired) electrons. The van der Waals surface area contributed by atoms with Crippen molar-refractivity contribution in [1.82, 2.24) is 0 Å². The summed E-state index contributed by atoms with van der Waals surface area (Å²) in [4.78, 5) is 10.6. The SMILES string of the molecule is O=C(/C=C(\O)c1cccc(I)c1)C(F)(F)F. The first-order valence-corrected chi connectivity index (χ1v) is 5.16. The summed E-state index contributed by atoms with van der Waals surface area (Å²) >= 11 is 1.94. The van der Waals surface area contributed by atoms with Crippen LogP contribution in [0.5, 0.6) is 0 Å². The number of carbonyl (C=O) groups is 1. The van der Waals surface area contributed by atoms with Crippen LogP contribution in [0.25, 0.3) is 5.76 Å². The Morgan fingerprint density at radius 3 is 2.50 bits per heavy atom. The molecule has 0 aliphatic heterocycles. The lowest BCUT2D eigenvalue weighted by Crippen LogP contribution is -2.20. The predicted octanol–water partition coefficient (Wildman–Crippen LogP) is 3.32. The van der Waals surface area contributed by atoms with Gasteiger partial charge in [0.15, 0.2) is 0 Å². The van der Waals surface area contributed by atoms with Crippen LogP contribution in [0.2, 0.25) is 0 Å². The van der Waals surface area contributed by atoms with Crippen LogP contribution in [-0.2, 0) is 4.79 Å². The number of allylic oxidation sites excluding steroid dienone is 1. The highest BCUT2D eigenvalue weighted by atomic mass is 127. The minimum atomic E-state index is -4.96. The quantitative estimate of drug-likeness (QED) is 0.509. The van der Waals surface area contributed by atoms with Gasteiger partial charge in [-0.2, -0.15) is 13.2 Å². The predicted molar refractivity (Wildman–Crippen MR) is 60.8 cm³/mol. The molecule has 0 heterocycles. The summed E-state index contributed by atoms with van der Waals surface area (Å²) in [5.41, 5.74) is 0.171. The summed E-state index contributed by atoms with van der Waals surface area (Å²) in [7, 11) is 0. The second-order valence-corrected chi connectivity index (χ2v) is 4.15. The van der Waals surface area contributed by atoms with Crippen molar-refractivity contribution in [3.63, 3.8) is 0 Å². The number of rotatable bonds is 2. The van der Waals surface area contributed by atoms with Crippen LogP contribution in [0.15, 0.2) is 30.3 Å². The van der Waals surface area contributed by atoms with Gasteiger partial charge in [-0.25, -0.2) is 0 Å². The van der Waals surface area contributed by atoms with E-state index in [9.17, 15) is 23.1 Å². The summed E-state index contributed by atoms with van der Waals surface area (Å²) in [6.45, 7) is 0. The Morgan fingerprint density at radius 2 is 2.00 bits per heavy atom. The molecule has 0 bridgehead atoms. The van der Waals surface area contributed by atoms with Gasteiger partial charge in [-0.05, 0) is 34.7 Å². The Bertz CT molecular complexity index is 438. The van der Waals surface area contributed by atoms with Gasteiger partial charge in [-0.1, -0.05) is 12.1 Å². The van der Waals surface area contributed by atoms with E-state index >= 15 is 0 Å². The molecule has 1 aromatic rings. The normalized spacial score (nSPS) is 12.6. The molecular formula is C10H6F3IO2. The van der Waals surface area contributed by atoms with Crippen molar-refractivity contribution in [3.05, 3.63) is 39.5 Å². The molecule has 0 aromatic heterocycles. The Labute approximate surface area is 103 Å². The zero-order valence-electron chi connectivity index (χ0n) is 7.75. The topological polar surface area (TPSA) is 37.3 Å². The highest BCUT2D eigenvalue weighted by Gasteiger charge is 2.36. The zero-order valence-corrected chi connectivity index (χ0v) is 9.91. The first kappa shape index (κ1) is 13.0. The van der Waals surface area contributed by atoms with Gasteiger partial charge in [0.25, 0.3) is 5.78 Å². The van der Waals surface area contributed by atoms with Crippen molar-refractivity contribution in [1.29, 1.82) is 0 Å². The first-order valence-electron chi connectivity index (χ1n) is 4.08. The van der Waals surface area contributed by atoms with Gasteiger partial charge in [0, 0.05) is 15.2 Å². The number of aliphatic hydroxyl groups excluding tert-OH is 1. The molecule has 0 atom stereocenters. The van der Waals surface area contributed by atoms with Crippen LogP contribution >= 0.6 is 22.6 Å². The van der Waals surface area contributed by atoms with Gasteiger partial charge in [0.2, 0.25) is 0 Å². The van der Waals surface area contributed by atoms with E-state index in [1.54, 1.807) is 12.1 Å². The molecular weight excluding hydrogens is 336 g/mol. The highest BCUT2D eigenvalue weighted by Crippen LogP contribution is 2.20. The molecule has 0 saturated heterocycles. The number of halogens is 4. The van der Waals surface area contributed by atoms with Crippen molar-refractivity contribution < 1.29 is 23.1 Å². The molecule has 0 fully saturated rings. The number of ketones is 1. The lowest BCUT2D eigenvalue weighted by Gasteiger charge is -2.03. The Hall–Kier alpha value is -1.05. The van der Waals surface area contributed by atoms with E-state index in [-0.39, 0.29) is 11.6 Å². The lowest BCUT2D eigenvalue weighted by atomic mass is 10.1. The smallest absolute Gasteiger partial charge is 0.454 e. The Balaban J connectivity index is 2.99. The fraction of sp³-hybridized carbons (Fsp3) is 0.100. The molecule has 0 aliphatic rings. The van der Waals surface area contributed by atoms with Gasteiger partial charge in [0.1, 0.15) is 5.76 Å². The highest BCUT2D eigenvalue weighted by molar-refractivity contribution is 14.1. The minimum Gasteiger partial charge on any atom is -0.507 e. The van der Waals surface area contributed by atoms with E-state index in [1.807, 2.05) is 22.6 Å². The molecule has 2 nitrogen and oxygen atoms in total. The third kappa shape index (κ3) is 3.51. The summed E-state index contributed by atoms with van der Waals surface area (Å²) in [6, 6.07) is 6.16. The van der Waals surface area contributed by atoms with Gasteiger partial charge in [-0.15, -0.1) is 0 Å². The molecule has 86 valence electrons. The standard InChI is InChI=1S/C10H6F3IO2/c11-10(12,13)9(16)5-8(15)6-2-1-3-7(14)4-6/h1-5,15H/b8-5-. The molecule has 0 saturated carbocycles. The van der Waals surface area contributed by atoms with Gasteiger partial charge in [0.05, 0.1) is 0 Å². The first-order chi connectivity index (χ1) is 7.30. The number of hydrogen-bond acceptors (Lipinski definition) is 2. The van der Waals surface area contributed by atoms with E-state index in [2.05, 4.69) is 0 Å². The average Bonchev–Trinajstić information content (AvgIpc) is 2.16. The summed E-state index contributed by atoms with van der Waals surface area (Å²) < 4.78 is 36.4. The maximum absolute atomic E-state index is 11.9. The van der Waals surface area contributed by atoms with Crippen molar-refractivity contribution in [2.45, 2.75) is 6.18 Å². The largest absolute Gasteiger partial charge is 0.507 e. The van der Waals surface area contributed by atoms with Crippen molar-refractivity contribution >= 4 is 34.1 Å². The molecule has 0 aliphatic carbocycles. The molecule has 1 rings (SSSR count). The van der Waals surface area contributed by atoms with Crippen LogP contribution in [0.4, 0.5) is 13.2 Å². The second-order valence-electron chi connectivity index (χ2n) is 2.90. The molecule has 1 aromatic carbocycles. The third-order valence-electron chi connectivity index (χ3n) is 1.67. The van der Waals surface area contributed by atoms with E-state index in [1.165, 1.54) is 12.1 Å². The lowest BCUT2D eigenvalue weighted by molar-refractivity contribution is -0.165. The zero-order chi connectivity index (χ0) is 12.3. The second kappa shape index (κ2) is 4.86. The van der Waals surface area contributed by atoms with Crippen LogP contribution in [0.3, 0.4) is 0 Å². The van der Waals surface area contributed by atoms with Gasteiger partial charge in [-0.3, -0.25) is 4.79 Å². The van der Waals surface area contributed by atoms with Crippen LogP contribution in [-0.4, -0.2) is 17.1 Å². The van der Waals surface area contributed by atoms with E-state index in [0.29, 0.717) is 0 Å². The van der Waals surface area contributed by atoms with E-state index in [4.69, 9.17) is 0 Å². The van der Waals surface area contributed by atoms with Crippen LogP contribution in [0, 0.1) is 3.57 Å². The molecule has 1 N–H and O–H groups in total. The molecule has 0 unspecified atom stereocenters. The fourth-order valence-corrected chi connectivity index (χ4v) is 1.48. The molecule has 0 amide bonds. The maximum Gasteiger partial charge on any atom is 0.454 e. The Morgan fingerprint density at radius 1 is 1.38 bits per heavy atom. The minimum absolute atomic E-state index is 0.171. The fourth-order valence-electron chi connectivity index (χ4n) is 0.937. The molecule has 6 heteroatoms. The summed E-state index contributed by atoms with van der Waals surface area (Å²) in [5, 5.41) is 9.32. The monoisotopic (exact) mass is 342 g/mol. The maximum atomic E-state index is 11.9. The number of carbonyl (C=O) groups excluding carboxylic acids is 1. The van der Waals surface area contributed by atoms with Crippen molar-refractivity contribution in [3.8, 4) is 0 Å². The molecule has 16 heavy (non-hydrogen) atoms. The van der Waals surface area contributed by atoms with Crippen molar-refractivity contribution in [2.75, 3.05) is 0 Å². The van der Waals surface area contributed by atoms with Crippen LogP contribution < -0.4 is 0 Å².